The van der Waals surface area contributed by atoms with Crippen molar-refractivity contribution in [1.29, 1.82) is 0 Å². The molecule has 4 rings (SSSR count). The topological polar surface area (TPSA) is 39.4 Å². The largest absolute Gasteiger partial charge is 0.481 e. The van der Waals surface area contributed by atoms with Gasteiger partial charge in [0, 0.05) is 34.3 Å². The average molecular weight is 388 g/mol. The lowest BCUT2D eigenvalue weighted by atomic mass is 10.2. The number of ether oxygens (including phenoxy) is 1. The molecule has 4 heterocycles. The molecule has 4 aromatic rings. The first-order valence-electron chi connectivity index (χ1n) is 7.55. The maximum Gasteiger partial charge on any atom is 0.212 e. The molecular formula is C18H14ClN3OS2. The van der Waals surface area contributed by atoms with Gasteiger partial charge in [-0.3, -0.25) is 4.40 Å². The lowest BCUT2D eigenvalue weighted by Crippen LogP contribution is -1.87. The van der Waals surface area contributed by atoms with Gasteiger partial charge in [-0.2, -0.15) is 0 Å². The number of aryl methyl sites for hydroxylation is 1. The predicted molar refractivity (Wildman–Crippen MR) is 103 cm³/mol. The predicted octanol–water partition coefficient (Wildman–Crippen LogP) is 5.58. The molecule has 0 bridgehead atoms. The van der Waals surface area contributed by atoms with Crippen LogP contribution in [0.4, 0.5) is 0 Å². The third kappa shape index (κ3) is 3.13. The SMILES string of the molecule is COc1ccc(Sc2cc(-c3c(C)nc4c(Cl)cccn34)cs2)cn1. The summed E-state index contributed by atoms with van der Waals surface area (Å²) in [6.07, 6.45) is 3.82. The monoisotopic (exact) mass is 387 g/mol. The summed E-state index contributed by atoms with van der Waals surface area (Å²) >= 11 is 9.65. The number of thiophene rings is 1. The van der Waals surface area contributed by atoms with Crippen molar-refractivity contribution in [2.24, 2.45) is 0 Å². The first kappa shape index (κ1) is 16.4. The standard InChI is InChI=1S/C18H14ClN3OS2/c1-11-17(22-7-3-4-14(19)18(22)21-11)12-8-16(24-10-12)25-13-5-6-15(23-2)20-9-13/h3-10H,1-2H3. The molecule has 0 aromatic carbocycles. The normalized spacial score (nSPS) is 11.2. The Morgan fingerprint density at radius 3 is 2.92 bits per heavy atom. The van der Waals surface area contributed by atoms with Gasteiger partial charge in [-0.15, -0.1) is 11.3 Å². The van der Waals surface area contributed by atoms with Crippen LogP contribution in [0.25, 0.3) is 16.9 Å². The van der Waals surface area contributed by atoms with Crippen LogP contribution in [-0.2, 0) is 0 Å². The fourth-order valence-electron chi connectivity index (χ4n) is 2.65. The zero-order valence-electron chi connectivity index (χ0n) is 13.6. The minimum absolute atomic E-state index is 0.620. The van der Waals surface area contributed by atoms with Crippen LogP contribution in [0.15, 0.2) is 57.2 Å². The summed E-state index contributed by atoms with van der Waals surface area (Å²) in [6, 6.07) is 9.85. The quantitative estimate of drug-likeness (QED) is 0.458. The van der Waals surface area contributed by atoms with E-state index in [1.54, 1.807) is 30.2 Å². The van der Waals surface area contributed by atoms with E-state index in [1.165, 1.54) is 4.21 Å². The molecule has 0 fully saturated rings. The van der Waals surface area contributed by atoms with Crippen LogP contribution in [0.2, 0.25) is 5.02 Å². The number of halogens is 1. The van der Waals surface area contributed by atoms with Gasteiger partial charge in [-0.05, 0) is 31.2 Å². The Balaban J connectivity index is 1.67. The second-order valence-electron chi connectivity index (χ2n) is 5.39. The number of rotatable bonds is 4. The summed E-state index contributed by atoms with van der Waals surface area (Å²) in [7, 11) is 1.62. The van der Waals surface area contributed by atoms with Crippen molar-refractivity contribution in [3.63, 3.8) is 0 Å². The van der Waals surface area contributed by atoms with Crippen LogP contribution < -0.4 is 4.74 Å². The molecule has 0 radical (unpaired) electrons. The summed E-state index contributed by atoms with van der Waals surface area (Å²) in [5.74, 6) is 0.620. The van der Waals surface area contributed by atoms with Gasteiger partial charge < -0.3 is 4.74 Å². The van der Waals surface area contributed by atoms with Crippen LogP contribution in [0.1, 0.15) is 5.69 Å². The van der Waals surface area contributed by atoms with E-state index in [0.29, 0.717) is 10.9 Å². The summed E-state index contributed by atoms with van der Waals surface area (Å²) in [5, 5.41) is 2.81. The molecule has 0 aliphatic heterocycles. The van der Waals surface area contributed by atoms with Crippen LogP contribution in [-0.4, -0.2) is 21.5 Å². The Labute approximate surface area is 158 Å². The number of hydrogen-bond donors (Lipinski definition) is 0. The highest BCUT2D eigenvalue weighted by Crippen LogP contribution is 2.37. The Bertz CT molecular complexity index is 1040. The third-order valence-corrected chi connectivity index (χ3v) is 6.11. The van der Waals surface area contributed by atoms with Gasteiger partial charge in [0.05, 0.1) is 27.7 Å². The lowest BCUT2D eigenvalue weighted by molar-refractivity contribution is 0.397. The summed E-state index contributed by atoms with van der Waals surface area (Å²) < 4.78 is 8.34. The fourth-order valence-corrected chi connectivity index (χ4v) is 4.76. The lowest BCUT2D eigenvalue weighted by Gasteiger charge is -2.01. The number of methoxy groups -OCH3 is 1. The van der Waals surface area contributed by atoms with Gasteiger partial charge in [0.25, 0.3) is 0 Å². The Hall–Kier alpha value is -2.02. The van der Waals surface area contributed by atoms with E-state index in [2.05, 4.69) is 21.4 Å². The van der Waals surface area contributed by atoms with Gasteiger partial charge in [0.2, 0.25) is 5.88 Å². The van der Waals surface area contributed by atoms with E-state index in [0.717, 1.165) is 27.5 Å². The highest BCUT2D eigenvalue weighted by atomic mass is 35.5. The highest BCUT2D eigenvalue weighted by molar-refractivity contribution is 8.01. The second-order valence-corrected chi connectivity index (χ2v) is 8.08. The molecule has 0 unspecified atom stereocenters. The first-order valence-corrected chi connectivity index (χ1v) is 9.63. The van der Waals surface area contributed by atoms with E-state index >= 15 is 0 Å². The molecule has 0 spiro atoms. The van der Waals surface area contributed by atoms with Crippen molar-refractivity contribution in [3.05, 3.63) is 58.8 Å². The average Bonchev–Trinajstić information content (AvgIpc) is 3.20. The molecule has 7 heteroatoms. The van der Waals surface area contributed by atoms with Gasteiger partial charge in [0.15, 0.2) is 5.65 Å². The molecule has 4 aromatic heterocycles. The minimum Gasteiger partial charge on any atom is -0.481 e. The van der Waals surface area contributed by atoms with Crippen molar-refractivity contribution in [2.75, 3.05) is 7.11 Å². The van der Waals surface area contributed by atoms with Crippen LogP contribution in [0.5, 0.6) is 5.88 Å². The third-order valence-electron chi connectivity index (χ3n) is 3.76. The maximum atomic E-state index is 6.27. The van der Waals surface area contributed by atoms with Gasteiger partial charge >= 0.3 is 0 Å². The van der Waals surface area contributed by atoms with E-state index in [4.69, 9.17) is 16.3 Å². The number of pyridine rings is 2. The molecule has 0 amide bonds. The van der Waals surface area contributed by atoms with Crippen LogP contribution in [0.3, 0.4) is 0 Å². The number of imidazole rings is 1. The molecular weight excluding hydrogens is 374 g/mol. The molecule has 126 valence electrons. The number of nitrogens with zero attached hydrogens (tertiary/aromatic N) is 3. The van der Waals surface area contributed by atoms with Gasteiger partial charge in [0.1, 0.15) is 0 Å². The van der Waals surface area contributed by atoms with Crippen molar-refractivity contribution < 1.29 is 4.74 Å². The van der Waals surface area contributed by atoms with E-state index in [1.807, 2.05) is 48.0 Å². The molecule has 25 heavy (non-hydrogen) atoms. The van der Waals surface area contributed by atoms with Crippen LogP contribution in [0, 0.1) is 6.92 Å². The summed E-state index contributed by atoms with van der Waals surface area (Å²) in [4.78, 5) is 9.93. The Kier molecular flexibility index (Phi) is 4.41. The number of aromatic nitrogens is 3. The molecule has 0 aliphatic rings. The molecule has 0 atom stereocenters. The van der Waals surface area contributed by atoms with Crippen molar-refractivity contribution in [2.45, 2.75) is 16.0 Å². The zero-order valence-corrected chi connectivity index (χ0v) is 16.0. The molecule has 0 N–H and O–H groups in total. The zero-order chi connectivity index (χ0) is 17.4. The van der Waals surface area contributed by atoms with Crippen LogP contribution >= 0.6 is 34.7 Å². The Morgan fingerprint density at radius 2 is 2.16 bits per heavy atom. The van der Waals surface area contributed by atoms with Crippen molar-refractivity contribution >= 4 is 40.3 Å². The van der Waals surface area contributed by atoms with Crippen molar-refractivity contribution in [3.8, 4) is 17.1 Å². The van der Waals surface area contributed by atoms with Gasteiger partial charge in [-0.25, -0.2) is 9.97 Å². The van der Waals surface area contributed by atoms with E-state index in [-0.39, 0.29) is 0 Å². The molecule has 0 saturated heterocycles. The van der Waals surface area contributed by atoms with Crippen molar-refractivity contribution in [1.82, 2.24) is 14.4 Å². The second kappa shape index (κ2) is 6.71. The van der Waals surface area contributed by atoms with E-state index < -0.39 is 0 Å². The van der Waals surface area contributed by atoms with Gasteiger partial charge in [-0.1, -0.05) is 23.4 Å². The summed E-state index contributed by atoms with van der Waals surface area (Å²) in [5.41, 5.74) is 3.97. The minimum atomic E-state index is 0.620. The maximum absolute atomic E-state index is 6.27. The van der Waals surface area contributed by atoms with E-state index in [9.17, 15) is 0 Å². The molecule has 0 saturated carbocycles. The first-order chi connectivity index (χ1) is 12.2. The molecule has 0 aliphatic carbocycles. The smallest absolute Gasteiger partial charge is 0.212 e. The Morgan fingerprint density at radius 1 is 1.28 bits per heavy atom. The molecule has 4 nitrogen and oxygen atoms in total. The fraction of sp³-hybridized carbons (Fsp3) is 0.111. The number of hydrogen-bond acceptors (Lipinski definition) is 5. The number of fused-ring (bicyclic) bond motifs is 1. The highest BCUT2D eigenvalue weighted by Gasteiger charge is 2.14. The summed E-state index contributed by atoms with van der Waals surface area (Å²) in [6.45, 7) is 2.01.